The van der Waals surface area contributed by atoms with Crippen LogP contribution in [0.5, 0.6) is 0 Å². The number of carbonyl (C=O) groups is 1. The van der Waals surface area contributed by atoms with Gasteiger partial charge in [-0.25, -0.2) is 8.42 Å². The van der Waals surface area contributed by atoms with Crippen molar-refractivity contribution >= 4 is 28.2 Å². The zero-order chi connectivity index (χ0) is 12.0. The first-order valence-corrected chi connectivity index (χ1v) is 7.56. The lowest BCUT2D eigenvalue weighted by Crippen LogP contribution is -2.41. The molecule has 0 aromatic heterocycles. The Morgan fingerprint density at radius 1 is 1.47 bits per heavy atom. The van der Waals surface area contributed by atoms with Crippen molar-refractivity contribution in [2.75, 3.05) is 31.1 Å². The van der Waals surface area contributed by atoms with Crippen LogP contribution in [0.1, 0.15) is 19.8 Å². The van der Waals surface area contributed by atoms with Gasteiger partial charge in [0.15, 0.2) is 9.84 Å². The third-order valence-corrected chi connectivity index (χ3v) is 4.53. The molecule has 1 amide bonds. The Morgan fingerprint density at radius 2 is 2.18 bits per heavy atom. The van der Waals surface area contributed by atoms with Crippen LogP contribution in [0.4, 0.5) is 0 Å². The molecule has 1 aliphatic heterocycles. The molecule has 1 fully saturated rings. The van der Waals surface area contributed by atoms with Gasteiger partial charge in [-0.15, -0.1) is 12.4 Å². The summed E-state index contributed by atoms with van der Waals surface area (Å²) in [6.45, 7) is 3.51. The van der Waals surface area contributed by atoms with Crippen LogP contribution in [-0.2, 0) is 14.6 Å². The Hall–Kier alpha value is -0.330. The fraction of sp³-hybridized carbons (Fsp3) is 0.900. The number of hydrogen-bond acceptors (Lipinski definition) is 4. The number of sulfone groups is 1. The average molecular weight is 285 g/mol. The third-order valence-electron chi connectivity index (χ3n) is 2.82. The number of hydrogen-bond donors (Lipinski definition) is 2. The van der Waals surface area contributed by atoms with E-state index in [4.69, 9.17) is 0 Å². The molecule has 0 aromatic rings. The summed E-state index contributed by atoms with van der Waals surface area (Å²) in [5, 5.41) is 5.84. The fourth-order valence-electron chi connectivity index (χ4n) is 1.69. The summed E-state index contributed by atoms with van der Waals surface area (Å²) < 4.78 is 22.4. The summed E-state index contributed by atoms with van der Waals surface area (Å²) in [6, 6.07) is 0. The molecule has 1 atom stereocenters. The van der Waals surface area contributed by atoms with E-state index in [1.54, 1.807) is 6.92 Å². The van der Waals surface area contributed by atoms with Crippen LogP contribution in [-0.4, -0.2) is 45.5 Å². The van der Waals surface area contributed by atoms with E-state index in [2.05, 4.69) is 10.6 Å². The zero-order valence-corrected chi connectivity index (χ0v) is 11.7. The first-order chi connectivity index (χ1) is 7.55. The Labute approximate surface area is 109 Å². The van der Waals surface area contributed by atoms with Gasteiger partial charge in [0.1, 0.15) is 0 Å². The van der Waals surface area contributed by atoms with Gasteiger partial charge in [-0.1, -0.05) is 6.92 Å². The first kappa shape index (κ1) is 16.7. The van der Waals surface area contributed by atoms with Gasteiger partial charge < -0.3 is 10.6 Å². The zero-order valence-electron chi connectivity index (χ0n) is 10.1. The molecule has 1 rings (SSSR count). The summed E-state index contributed by atoms with van der Waals surface area (Å²) in [4.78, 5) is 11.6. The van der Waals surface area contributed by atoms with Gasteiger partial charge in [0, 0.05) is 18.8 Å². The molecule has 0 bridgehead atoms. The molecule has 0 aliphatic carbocycles. The van der Waals surface area contributed by atoms with Crippen molar-refractivity contribution in [2.45, 2.75) is 19.8 Å². The van der Waals surface area contributed by atoms with Crippen molar-refractivity contribution in [3.8, 4) is 0 Å². The molecule has 102 valence electrons. The van der Waals surface area contributed by atoms with Crippen molar-refractivity contribution in [2.24, 2.45) is 5.92 Å². The van der Waals surface area contributed by atoms with Crippen molar-refractivity contribution in [3.63, 3.8) is 0 Å². The van der Waals surface area contributed by atoms with E-state index in [0.717, 1.165) is 19.4 Å². The van der Waals surface area contributed by atoms with Crippen LogP contribution < -0.4 is 10.6 Å². The summed E-state index contributed by atoms with van der Waals surface area (Å²) in [5.41, 5.74) is 0. The summed E-state index contributed by atoms with van der Waals surface area (Å²) in [7, 11) is -2.98. The molecule has 0 spiro atoms. The van der Waals surface area contributed by atoms with E-state index in [0.29, 0.717) is 6.54 Å². The lowest BCUT2D eigenvalue weighted by atomic mass is 9.99. The second-order valence-electron chi connectivity index (χ2n) is 4.07. The molecule has 0 saturated carbocycles. The van der Waals surface area contributed by atoms with Gasteiger partial charge in [-0.05, 0) is 19.4 Å². The number of piperidine rings is 1. The highest BCUT2D eigenvalue weighted by Gasteiger charge is 2.20. The smallest absolute Gasteiger partial charge is 0.224 e. The number of carbonyl (C=O) groups excluding carboxylic acids is 1. The molecule has 5 nitrogen and oxygen atoms in total. The monoisotopic (exact) mass is 284 g/mol. The molecular formula is C10H21ClN2O3S. The van der Waals surface area contributed by atoms with E-state index >= 15 is 0 Å². The second kappa shape index (κ2) is 7.89. The summed E-state index contributed by atoms with van der Waals surface area (Å²) in [5.74, 6) is 0.139. The van der Waals surface area contributed by atoms with Gasteiger partial charge in [0.2, 0.25) is 5.91 Å². The maximum absolute atomic E-state index is 11.6. The Bertz CT molecular complexity index is 326. The van der Waals surface area contributed by atoms with E-state index in [1.807, 2.05) is 0 Å². The fourth-order valence-corrected chi connectivity index (χ4v) is 2.40. The van der Waals surface area contributed by atoms with Gasteiger partial charge in [-0.2, -0.15) is 0 Å². The van der Waals surface area contributed by atoms with Crippen LogP contribution in [0.2, 0.25) is 0 Å². The maximum atomic E-state index is 11.6. The van der Waals surface area contributed by atoms with E-state index in [9.17, 15) is 13.2 Å². The SMILES string of the molecule is CCS(=O)(=O)CCNC(=O)[C@@H]1CCCNC1.Cl. The predicted molar refractivity (Wildman–Crippen MR) is 70.2 cm³/mol. The molecule has 0 radical (unpaired) electrons. The largest absolute Gasteiger partial charge is 0.355 e. The van der Waals surface area contributed by atoms with Gasteiger partial charge >= 0.3 is 0 Å². The summed E-state index contributed by atoms with van der Waals surface area (Å²) in [6.07, 6.45) is 1.89. The van der Waals surface area contributed by atoms with Crippen LogP contribution in [0, 0.1) is 5.92 Å². The lowest BCUT2D eigenvalue weighted by molar-refractivity contribution is -0.125. The van der Waals surface area contributed by atoms with Gasteiger partial charge in [-0.3, -0.25) is 4.79 Å². The molecule has 0 aromatic carbocycles. The minimum absolute atomic E-state index is 0. The molecule has 2 N–H and O–H groups in total. The second-order valence-corrected chi connectivity index (χ2v) is 6.54. The normalized spacial score (nSPS) is 20.4. The highest BCUT2D eigenvalue weighted by Crippen LogP contribution is 2.09. The van der Waals surface area contributed by atoms with Crippen molar-refractivity contribution < 1.29 is 13.2 Å². The quantitative estimate of drug-likeness (QED) is 0.743. The van der Waals surface area contributed by atoms with E-state index in [-0.39, 0.29) is 42.3 Å². The van der Waals surface area contributed by atoms with E-state index in [1.165, 1.54) is 0 Å². The molecule has 1 saturated heterocycles. The molecule has 1 heterocycles. The molecular weight excluding hydrogens is 264 g/mol. The van der Waals surface area contributed by atoms with Crippen LogP contribution in [0.15, 0.2) is 0 Å². The van der Waals surface area contributed by atoms with Crippen molar-refractivity contribution in [1.82, 2.24) is 10.6 Å². The maximum Gasteiger partial charge on any atom is 0.224 e. The third kappa shape index (κ3) is 6.24. The lowest BCUT2D eigenvalue weighted by Gasteiger charge is -2.21. The number of halogens is 1. The van der Waals surface area contributed by atoms with Crippen LogP contribution in [0.3, 0.4) is 0 Å². The van der Waals surface area contributed by atoms with Gasteiger partial charge in [0.05, 0.1) is 11.7 Å². The number of amides is 1. The highest BCUT2D eigenvalue weighted by atomic mass is 35.5. The van der Waals surface area contributed by atoms with Crippen LogP contribution >= 0.6 is 12.4 Å². The Morgan fingerprint density at radius 3 is 2.71 bits per heavy atom. The van der Waals surface area contributed by atoms with Crippen LogP contribution in [0.25, 0.3) is 0 Å². The van der Waals surface area contributed by atoms with E-state index < -0.39 is 9.84 Å². The molecule has 17 heavy (non-hydrogen) atoms. The molecule has 0 unspecified atom stereocenters. The Balaban J connectivity index is 0.00000256. The predicted octanol–water partition coefficient (Wildman–Crippen LogP) is -0.0413. The van der Waals surface area contributed by atoms with Crippen molar-refractivity contribution in [3.05, 3.63) is 0 Å². The minimum atomic E-state index is -2.98. The minimum Gasteiger partial charge on any atom is -0.355 e. The number of rotatable bonds is 5. The highest BCUT2D eigenvalue weighted by molar-refractivity contribution is 7.91. The average Bonchev–Trinajstić information content (AvgIpc) is 2.30. The molecule has 7 heteroatoms. The topological polar surface area (TPSA) is 75.3 Å². The Kier molecular flexibility index (Phi) is 7.74. The standard InChI is InChI=1S/C10H20N2O3S.ClH/c1-2-16(14,15)7-6-12-10(13)9-4-3-5-11-8-9;/h9,11H,2-8H2,1H3,(H,12,13);1H/t9-;/m1./s1. The van der Waals surface area contributed by atoms with Crippen molar-refractivity contribution in [1.29, 1.82) is 0 Å². The number of nitrogens with one attached hydrogen (secondary N) is 2. The van der Waals surface area contributed by atoms with Gasteiger partial charge in [0.25, 0.3) is 0 Å². The first-order valence-electron chi connectivity index (χ1n) is 5.74. The molecule has 1 aliphatic rings. The summed E-state index contributed by atoms with van der Waals surface area (Å²) >= 11 is 0.